The van der Waals surface area contributed by atoms with Crippen molar-refractivity contribution < 1.29 is 23.5 Å². The van der Waals surface area contributed by atoms with Crippen LogP contribution in [0.4, 0.5) is 21.0 Å². The van der Waals surface area contributed by atoms with Crippen LogP contribution in [-0.4, -0.2) is 79.3 Å². The van der Waals surface area contributed by atoms with Crippen molar-refractivity contribution in [3.8, 4) is 22.7 Å². The molecule has 2 atom stereocenters. The van der Waals surface area contributed by atoms with E-state index in [9.17, 15) is 14.4 Å². The summed E-state index contributed by atoms with van der Waals surface area (Å²) >= 11 is 6.98. The highest BCUT2D eigenvalue weighted by molar-refractivity contribution is 6.33. The van der Waals surface area contributed by atoms with Gasteiger partial charge in [0.25, 0.3) is 0 Å². The third-order valence-corrected chi connectivity index (χ3v) is 10.5. The molecule has 15 heteroatoms. The molecular weight excluding hydrogens is 775 g/mol. The van der Waals surface area contributed by atoms with E-state index in [0.29, 0.717) is 47.1 Å². The molecule has 13 nitrogen and oxygen atoms in total. The van der Waals surface area contributed by atoms with Gasteiger partial charge in [-0.05, 0) is 82.3 Å². The molecule has 0 bridgehead atoms. The van der Waals surface area contributed by atoms with Gasteiger partial charge in [0.2, 0.25) is 11.9 Å². The average molecular weight is 827 g/mol. The lowest BCUT2D eigenvalue weighted by molar-refractivity contribution is -0.116. The maximum absolute atomic E-state index is 15.5. The first-order chi connectivity index (χ1) is 27.8. The zero-order valence-corrected chi connectivity index (χ0v) is 36.3. The van der Waals surface area contributed by atoms with E-state index in [2.05, 4.69) is 0 Å². The first kappa shape index (κ1) is 43.0. The molecule has 0 aliphatic carbocycles. The number of pyridine rings is 1. The number of aromatic nitrogens is 5. The molecule has 0 radical (unpaired) electrons. The van der Waals surface area contributed by atoms with Crippen molar-refractivity contribution in [2.45, 2.75) is 105 Å². The van der Waals surface area contributed by atoms with Crippen LogP contribution in [-0.2, 0) is 16.1 Å². The maximum Gasteiger partial charge on any atom is 0.410 e. The van der Waals surface area contributed by atoms with Gasteiger partial charge in [0.1, 0.15) is 23.0 Å². The molecule has 2 aromatic carbocycles. The van der Waals surface area contributed by atoms with Gasteiger partial charge in [0.15, 0.2) is 5.65 Å². The van der Waals surface area contributed by atoms with Gasteiger partial charge in [0, 0.05) is 37.7 Å². The van der Waals surface area contributed by atoms with Crippen LogP contribution in [0, 0.1) is 5.82 Å². The molecule has 1 aliphatic heterocycles. The number of ether oxygens (including phenoxy) is 2. The molecule has 2 amide bonds. The largest absolute Gasteiger partial charge is 0.497 e. The summed E-state index contributed by atoms with van der Waals surface area (Å²) in [5.74, 6) is -0.180. The van der Waals surface area contributed by atoms with Crippen molar-refractivity contribution in [2.24, 2.45) is 0 Å². The molecular formula is C44H52ClFN8O5. The number of methoxy groups -OCH3 is 1. The van der Waals surface area contributed by atoms with Gasteiger partial charge in [-0.3, -0.25) is 9.69 Å². The normalized spacial score (nSPS) is 15.9. The van der Waals surface area contributed by atoms with Gasteiger partial charge < -0.3 is 19.3 Å². The smallest absolute Gasteiger partial charge is 0.410 e. The fraction of sp³-hybridized carbons (Fsp3) is 0.432. The molecule has 3 aromatic heterocycles. The Hall–Kier alpha value is -5.63. The number of rotatable bonds is 9. The minimum atomic E-state index is -0.676. The molecule has 312 valence electrons. The summed E-state index contributed by atoms with van der Waals surface area (Å²) in [6, 6.07) is 14.6. The van der Waals surface area contributed by atoms with Crippen LogP contribution in [0.2, 0.25) is 5.02 Å². The van der Waals surface area contributed by atoms with E-state index in [-0.39, 0.29) is 64.2 Å². The standard InChI is InChI=1S/C44H52ClFN8O5/c1-24(2)35-38(36(25(3)4)49-41(48-35)53(28(7)55)23-29-16-18-30(58-11)19-17-29)54-40-32(20-33(45)37(47-40)31-14-12-13-15-34(31)46)39(50-42(54)56)51-21-27(6)52(22-26(51)5)43(57)59-44(8,9)10/h12-20,24-27H,21-23H2,1-11H3/t26-,27+/m0/s1. The second-order valence-corrected chi connectivity index (χ2v) is 17.0. The van der Waals surface area contributed by atoms with Crippen molar-refractivity contribution >= 4 is 46.4 Å². The molecule has 1 fully saturated rings. The second kappa shape index (κ2) is 16.9. The van der Waals surface area contributed by atoms with Crippen molar-refractivity contribution in [1.82, 2.24) is 29.4 Å². The summed E-state index contributed by atoms with van der Waals surface area (Å²) in [5, 5.41) is 0.581. The number of fused-ring (bicyclic) bond motifs is 1. The van der Waals surface area contributed by atoms with Gasteiger partial charge in [0.05, 0.1) is 46.8 Å². The highest BCUT2D eigenvalue weighted by atomic mass is 35.5. The van der Waals surface area contributed by atoms with Gasteiger partial charge in [-0.1, -0.05) is 63.6 Å². The van der Waals surface area contributed by atoms with Crippen molar-refractivity contribution in [3.05, 3.63) is 92.9 Å². The molecule has 0 N–H and O–H groups in total. The Labute approximate surface area is 349 Å². The van der Waals surface area contributed by atoms with E-state index in [1.54, 1.807) is 36.3 Å². The second-order valence-electron chi connectivity index (χ2n) is 16.6. The topological polar surface area (TPSA) is 136 Å². The van der Waals surface area contributed by atoms with Crippen molar-refractivity contribution in [3.63, 3.8) is 0 Å². The number of anilines is 2. The molecule has 0 spiro atoms. The molecule has 0 saturated carbocycles. The number of nitrogens with zero attached hydrogens (tertiary/aromatic N) is 8. The summed E-state index contributed by atoms with van der Waals surface area (Å²) in [4.78, 5) is 66.2. The fourth-order valence-corrected chi connectivity index (χ4v) is 7.49. The predicted molar refractivity (Wildman–Crippen MR) is 228 cm³/mol. The van der Waals surface area contributed by atoms with E-state index >= 15 is 4.39 Å². The molecule has 5 aromatic rings. The Morgan fingerprint density at radius 1 is 0.932 bits per heavy atom. The number of carbonyl (C=O) groups is 2. The van der Waals surface area contributed by atoms with E-state index in [4.69, 9.17) is 41.0 Å². The Kier molecular flexibility index (Phi) is 12.3. The van der Waals surface area contributed by atoms with Gasteiger partial charge in [-0.25, -0.2) is 33.5 Å². The lowest BCUT2D eigenvalue weighted by Crippen LogP contribution is -2.59. The van der Waals surface area contributed by atoms with Gasteiger partial charge in [-0.2, -0.15) is 4.98 Å². The molecule has 4 heterocycles. The molecule has 1 saturated heterocycles. The number of benzene rings is 2. The quantitative estimate of drug-likeness (QED) is 0.142. The van der Waals surface area contributed by atoms with Gasteiger partial charge >= 0.3 is 11.8 Å². The number of piperazine rings is 1. The lowest BCUT2D eigenvalue weighted by atomic mass is 10.0. The highest BCUT2D eigenvalue weighted by Crippen LogP contribution is 2.38. The third kappa shape index (κ3) is 8.87. The zero-order chi connectivity index (χ0) is 43.1. The maximum atomic E-state index is 15.5. The van der Waals surface area contributed by atoms with E-state index in [0.717, 1.165) is 5.56 Å². The number of hydrogen-bond donors (Lipinski definition) is 0. The summed E-state index contributed by atoms with van der Waals surface area (Å²) in [6.45, 7) is 19.4. The van der Waals surface area contributed by atoms with Crippen molar-refractivity contribution in [1.29, 1.82) is 0 Å². The van der Waals surface area contributed by atoms with Crippen LogP contribution in [0.3, 0.4) is 0 Å². The van der Waals surface area contributed by atoms with E-state index < -0.39 is 23.2 Å². The molecule has 0 unspecified atom stereocenters. The average Bonchev–Trinajstić information content (AvgIpc) is 3.16. The Morgan fingerprint density at radius 3 is 2.12 bits per heavy atom. The third-order valence-electron chi connectivity index (χ3n) is 10.2. The summed E-state index contributed by atoms with van der Waals surface area (Å²) in [6.07, 6.45) is -0.429. The van der Waals surface area contributed by atoms with Crippen LogP contribution < -0.4 is 20.2 Å². The summed E-state index contributed by atoms with van der Waals surface area (Å²) < 4.78 is 27.9. The predicted octanol–water partition coefficient (Wildman–Crippen LogP) is 8.67. The van der Waals surface area contributed by atoms with Crippen LogP contribution >= 0.6 is 11.6 Å². The van der Waals surface area contributed by atoms with Crippen LogP contribution in [0.1, 0.15) is 98.0 Å². The number of carbonyl (C=O) groups excluding carboxylic acids is 2. The van der Waals surface area contributed by atoms with E-state index in [1.807, 2.05) is 91.5 Å². The van der Waals surface area contributed by atoms with E-state index in [1.165, 1.54) is 22.5 Å². The highest BCUT2D eigenvalue weighted by Gasteiger charge is 2.37. The fourth-order valence-electron chi connectivity index (χ4n) is 7.23. The Morgan fingerprint density at radius 2 is 1.56 bits per heavy atom. The SMILES string of the molecule is COc1ccc(CN(C(C)=O)c2nc(C(C)C)c(-n3c(=O)nc(N4C[C@@H](C)N(C(=O)OC(C)(C)C)C[C@@H]4C)c4cc(Cl)c(-c5ccccc5F)nc43)c(C(C)C)n2)cc1. The van der Waals surface area contributed by atoms with Crippen molar-refractivity contribution in [2.75, 3.05) is 30.0 Å². The molecule has 1 aliphatic rings. The van der Waals surface area contributed by atoms with Gasteiger partial charge in [-0.15, -0.1) is 0 Å². The molecule has 6 rings (SSSR count). The number of amides is 2. The summed E-state index contributed by atoms with van der Waals surface area (Å²) in [5.41, 5.74) is 1.28. The first-order valence-electron chi connectivity index (χ1n) is 19.8. The number of halogens is 2. The minimum Gasteiger partial charge on any atom is -0.497 e. The first-order valence-corrected chi connectivity index (χ1v) is 20.1. The van der Waals surface area contributed by atoms with Crippen LogP contribution in [0.5, 0.6) is 5.75 Å². The monoisotopic (exact) mass is 826 g/mol. The Balaban J connectivity index is 1.59. The van der Waals surface area contributed by atoms with Crippen LogP contribution in [0.25, 0.3) is 28.0 Å². The number of hydrogen-bond acceptors (Lipinski definition) is 10. The molecule has 59 heavy (non-hydrogen) atoms. The zero-order valence-electron chi connectivity index (χ0n) is 35.5. The lowest BCUT2D eigenvalue weighted by Gasteiger charge is -2.44. The minimum absolute atomic E-state index is 0.135. The summed E-state index contributed by atoms with van der Waals surface area (Å²) in [7, 11) is 1.59. The van der Waals surface area contributed by atoms with Crippen LogP contribution in [0.15, 0.2) is 59.4 Å². The Bertz CT molecular complexity index is 2420.